The maximum absolute atomic E-state index is 11.9. The van der Waals surface area contributed by atoms with Crippen LogP contribution in [0, 0.1) is 0 Å². The van der Waals surface area contributed by atoms with E-state index in [0.29, 0.717) is 29.8 Å². The third-order valence-electron chi connectivity index (χ3n) is 2.75. The predicted molar refractivity (Wildman–Crippen MR) is 72.3 cm³/mol. The fraction of sp³-hybridized carbons (Fsp3) is 0.462. The number of hydrogen-bond donors (Lipinski definition) is 2. The van der Waals surface area contributed by atoms with Crippen LogP contribution in [0.5, 0.6) is 0 Å². The third-order valence-corrected chi connectivity index (χ3v) is 3.08. The van der Waals surface area contributed by atoms with E-state index in [1.807, 2.05) is 6.07 Å². The second-order valence-electron chi connectivity index (χ2n) is 4.36. The number of methoxy groups -OCH3 is 1. The molecule has 18 heavy (non-hydrogen) atoms. The molecule has 0 aliphatic heterocycles. The van der Waals surface area contributed by atoms with Crippen molar-refractivity contribution in [2.45, 2.75) is 18.9 Å². The first-order valence-corrected chi connectivity index (χ1v) is 6.41. The number of carbonyl (C=O) groups excluding carboxylic acids is 1. The van der Waals surface area contributed by atoms with E-state index in [-0.39, 0.29) is 5.91 Å². The van der Waals surface area contributed by atoms with Crippen molar-refractivity contribution in [3.8, 4) is 0 Å². The van der Waals surface area contributed by atoms with E-state index >= 15 is 0 Å². The highest BCUT2D eigenvalue weighted by atomic mass is 35.5. The Morgan fingerprint density at radius 3 is 2.94 bits per heavy atom. The number of carbonyl (C=O) groups is 1. The molecule has 0 atom stereocenters. The van der Waals surface area contributed by atoms with Gasteiger partial charge >= 0.3 is 0 Å². The highest BCUT2D eigenvalue weighted by Gasteiger charge is 2.21. The Bertz CT molecular complexity index is 433. The molecule has 0 bridgehead atoms. The van der Waals surface area contributed by atoms with Crippen molar-refractivity contribution in [2.24, 2.45) is 0 Å². The first-order chi connectivity index (χ1) is 8.70. The second kappa shape index (κ2) is 6.07. The molecule has 1 aromatic rings. The molecule has 1 aliphatic carbocycles. The molecule has 98 valence electrons. The summed E-state index contributed by atoms with van der Waals surface area (Å²) in [7, 11) is 1.60. The Kier molecular flexibility index (Phi) is 4.44. The zero-order valence-electron chi connectivity index (χ0n) is 10.3. The maximum atomic E-state index is 11.9. The van der Waals surface area contributed by atoms with Gasteiger partial charge in [0.15, 0.2) is 0 Å². The first-order valence-electron chi connectivity index (χ1n) is 6.04. The first kappa shape index (κ1) is 13.2. The number of amides is 1. The fourth-order valence-electron chi connectivity index (χ4n) is 1.61. The topological polar surface area (TPSA) is 50.4 Å². The summed E-state index contributed by atoms with van der Waals surface area (Å²) in [6, 6.07) is 5.99. The lowest BCUT2D eigenvalue weighted by Gasteiger charge is -2.09. The standard InChI is InChI=1S/C13H17ClN2O2/c1-18-7-6-15-13(17)11-8-10(4-5-12(11)14)16-9-2-3-9/h4-5,8-9,16H,2-3,6-7H2,1H3,(H,15,17). The number of halogens is 1. The van der Waals surface area contributed by atoms with E-state index in [4.69, 9.17) is 16.3 Å². The summed E-state index contributed by atoms with van der Waals surface area (Å²) in [5.74, 6) is -0.170. The number of nitrogens with one attached hydrogen (secondary N) is 2. The van der Waals surface area contributed by atoms with Crippen molar-refractivity contribution in [1.29, 1.82) is 0 Å². The molecule has 4 nitrogen and oxygen atoms in total. The zero-order chi connectivity index (χ0) is 13.0. The van der Waals surface area contributed by atoms with Crippen molar-refractivity contribution in [3.05, 3.63) is 28.8 Å². The van der Waals surface area contributed by atoms with Gasteiger partial charge in [-0.3, -0.25) is 4.79 Å². The predicted octanol–water partition coefficient (Wildman–Crippen LogP) is 2.29. The minimum absolute atomic E-state index is 0.170. The van der Waals surface area contributed by atoms with E-state index in [0.717, 1.165) is 5.69 Å². The third kappa shape index (κ3) is 3.62. The molecule has 0 saturated heterocycles. The minimum Gasteiger partial charge on any atom is -0.383 e. The van der Waals surface area contributed by atoms with Crippen LogP contribution in [0.2, 0.25) is 5.02 Å². The van der Waals surface area contributed by atoms with Gasteiger partial charge in [0.1, 0.15) is 0 Å². The van der Waals surface area contributed by atoms with Crippen LogP contribution >= 0.6 is 11.6 Å². The summed E-state index contributed by atoms with van der Waals surface area (Å²) >= 11 is 6.04. The van der Waals surface area contributed by atoms with Gasteiger partial charge in [0, 0.05) is 25.4 Å². The summed E-state index contributed by atoms with van der Waals surface area (Å²) in [6.07, 6.45) is 2.38. The number of ether oxygens (including phenoxy) is 1. The van der Waals surface area contributed by atoms with Crippen LogP contribution in [-0.4, -0.2) is 32.2 Å². The molecule has 0 heterocycles. The molecule has 0 unspecified atom stereocenters. The Hall–Kier alpha value is -1.26. The monoisotopic (exact) mass is 268 g/mol. The van der Waals surface area contributed by atoms with E-state index in [2.05, 4.69) is 10.6 Å². The van der Waals surface area contributed by atoms with Gasteiger partial charge in [-0.25, -0.2) is 0 Å². The Morgan fingerprint density at radius 2 is 2.28 bits per heavy atom. The van der Waals surface area contributed by atoms with Crippen LogP contribution in [-0.2, 0) is 4.74 Å². The lowest BCUT2D eigenvalue weighted by molar-refractivity contribution is 0.0937. The van der Waals surface area contributed by atoms with Crippen molar-refractivity contribution in [2.75, 3.05) is 25.6 Å². The lowest BCUT2D eigenvalue weighted by Crippen LogP contribution is -2.27. The molecular weight excluding hydrogens is 252 g/mol. The summed E-state index contributed by atoms with van der Waals surface area (Å²) < 4.78 is 4.88. The van der Waals surface area contributed by atoms with Gasteiger partial charge in [-0.05, 0) is 31.0 Å². The van der Waals surface area contributed by atoms with Crippen LogP contribution in [0.3, 0.4) is 0 Å². The SMILES string of the molecule is COCCNC(=O)c1cc(NC2CC2)ccc1Cl. The summed E-state index contributed by atoms with van der Waals surface area (Å²) in [6.45, 7) is 0.968. The Morgan fingerprint density at radius 1 is 1.50 bits per heavy atom. The lowest BCUT2D eigenvalue weighted by atomic mass is 10.2. The van der Waals surface area contributed by atoms with Crippen LogP contribution < -0.4 is 10.6 Å². The molecular formula is C13H17ClN2O2. The Labute approximate surface area is 112 Å². The smallest absolute Gasteiger partial charge is 0.252 e. The van der Waals surface area contributed by atoms with E-state index in [1.165, 1.54) is 12.8 Å². The molecule has 0 aromatic heterocycles. The average Bonchev–Trinajstić information content (AvgIpc) is 3.16. The molecule has 5 heteroatoms. The van der Waals surface area contributed by atoms with Crippen LogP contribution in [0.15, 0.2) is 18.2 Å². The van der Waals surface area contributed by atoms with E-state index in [9.17, 15) is 4.79 Å². The number of anilines is 1. The molecule has 1 amide bonds. The molecule has 0 spiro atoms. The van der Waals surface area contributed by atoms with E-state index in [1.54, 1.807) is 19.2 Å². The normalized spacial score (nSPS) is 14.3. The minimum atomic E-state index is -0.170. The summed E-state index contributed by atoms with van der Waals surface area (Å²) in [5, 5.41) is 6.57. The molecule has 2 rings (SSSR count). The second-order valence-corrected chi connectivity index (χ2v) is 4.77. The van der Waals surface area contributed by atoms with Crippen molar-refractivity contribution >= 4 is 23.2 Å². The fourth-order valence-corrected chi connectivity index (χ4v) is 1.82. The average molecular weight is 269 g/mol. The maximum Gasteiger partial charge on any atom is 0.252 e. The zero-order valence-corrected chi connectivity index (χ0v) is 11.1. The van der Waals surface area contributed by atoms with Crippen LogP contribution in [0.1, 0.15) is 23.2 Å². The molecule has 1 aliphatic rings. The largest absolute Gasteiger partial charge is 0.383 e. The summed E-state index contributed by atoms with van der Waals surface area (Å²) in [4.78, 5) is 11.9. The van der Waals surface area contributed by atoms with Crippen molar-refractivity contribution in [3.63, 3.8) is 0 Å². The van der Waals surface area contributed by atoms with E-state index < -0.39 is 0 Å². The number of rotatable bonds is 6. The van der Waals surface area contributed by atoms with Crippen molar-refractivity contribution in [1.82, 2.24) is 5.32 Å². The molecule has 1 fully saturated rings. The highest BCUT2D eigenvalue weighted by molar-refractivity contribution is 6.34. The van der Waals surface area contributed by atoms with Gasteiger partial charge in [-0.2, -0.15) is 0 Å². The van der Waals surface area contributed by atoms with Gasteiger partial charge in [0.25, 0.3) is 5.91 Å². The van der Waals surface area contributed by atoms with Gasteiger partial charge in [-0.15, -0.1) is 0 Å². The Balaban J connectivity index is 2.02. The molecule has 0 radical (unpaired) electrons. The van der Waals surface area contributed by atoms with Gasteiger partial charge in [0.2, 0.25) is 0 Å². The molecule has 2 N–H and O–H groups in total. The van der Waals surface area contributed by atoms with Crippen LogP contribution in [0.25, 0.3) is 0 Å². The van der Waals surface area contributed by atoms with Gasteiger partial charge in [0.05, 0.1) is 17.2 Å². The van der Waals surface area contributed by atoms with Gasteiger partial charge in [-0.1, -0.05) is 11.6 Å². The number of hydrogen-bond acceptors (Lipinski definition) is 3. The molecule has 1 saturated carbocycles. The number of benzene rings is 1. The quantitative estimate of drug-likeness (QED) is 0.779. The highest BCUT2D eigenvalue weighted by Crippen LogP contribution is 2.27. The van der Waals surface area contributed by atoms with Gasteiger partial charge < -0.3 is 15.4 Å². The van der Waals surface area contributed by atoms with Crippen LogP contribution in [0.4, 0.5) is 5.69 Å². The summed E-state index contributed by atoms with van der Waals surface area (Å²) in [5.41, 5.74) is 1.44. The molecule has 1 aromatic carbocycles. The van der Waals surface area contributed by atoms with Crippen molar-refractivity contribution < 1.29 is 9.53 Å².